The molecule has 0 spiro atoms. The van der Waals surface area contributed by atoms with Crippen molar-refractivity contribution < 1.29 is 14.4 Å². The standard InChI is InChI=1S/C16H28N4O3/c1-19-11-13(10-14(19)21)15(22)20-8-5-12(6-9-20)4-2-3-7-18-16(17)23/h12-13H,2-11H2,1H3,(H3,17,18,23). The third-order valence-electron chi connectivity index (χ3n) is 4.95. The zero-order valence-corrected chi connectivity index (χ0v) is 13.9. The monoisotopic (exact) mass is 324 g/mol. The highest BCUT2D eigenvalue weighted by Crippen LogP contribution is 2.25. The lowest BCUT2D eigenvalue weighted by molar-refractivity contribution is -0.137. The molecule has 2 fully saturated rings. The second-order valence-electron chi connectivity index (χ2n) is 6.73. The van der Waals surface area contributed by atoms with Crippen LogP contribution in [0.2, 0.25) is 0 Å². The summed E-state index contributed by atoms with van der Waals surface area (Å²) in [7, 11) is 1.76. The molecule has 0 saturated carbocycles. The Labute approximate surface area is 137 Å². The fourth-order valence-electron chi connectivity index (χ4n) is 3.50. The Hall–Kier alpha value is -1.79. The topological polar surface area (TPSA) is 95.7 Å². The lowest BCUT2D eigenvalue weighted by atomic mass is 9.91. The summed E-state index contributed by atoms with van der Waals surface area (Å²) in [5.74, 6) is 0.721. The normalized spacial score (nSPS) is 22.5. The number of urea groups is 1. The summed E-state index contributed by atoms with van der Waals surface area (Å²) in [6.45, 7) is 2.80. The molecular formula is C16H28N4O3. The van der Waals surface area contributed by atoms with Crippen LogP contribution in [0.1, 0.15) is 38.5 Å². The van der Waals surface area contributed by atoms with Crippen molar-refractivity contribution in [3.8, 4) is 0 Å². The fourth-order valence-corrected chi connectivity index (χ4v) is 3.50. The molecule has 3 N–H and O–H groups in total. The van der Waals surface area contributed by atoms with E-state index in [0.29, 0.717) is 25.4 Å². The molecule has 130 valence electrons. The summed E-state index contributed by atoms with van der Waals surface area (Å²) in [5.41, 5.74) is 5.02. The first-order valence-electron chi connectivity index (χ1n) is 8.53. The van der Waals surface area contributed by atoms with Gasteiger partial charge in [0.1, 0.15) is 0 Å². The smallest absolute Gasteiger partial charge is 0.312 e. The molecule has 0 aromatic heterocycles. The number of carbonyl (C=O) groups excluding carboxylic acids is 3. The van der Waals surface area contributed by atoms with Gasteiger partial charge in [0.25, 0.3) is 0 Å². The zero-order valence-electron chi connectivity index (χ0n) is 13.9. The van der Waals surface area contributed by atoms with Crippen LogP contribution in [0.3, 0.4) is 0 Å². The van der Waals surface area contributed by atoms with Crippen LogP contribution in [0.4, 0.5) is 4.79 Å². The molecule has 23 heavy (non-hydrogen) atoms. The van der Waals surface area contributed by atoms with Gasteiger partial charge in [-0.15, -0.1) is 0 Å². The summed E-state index contributed by atoms with van der Waals surface area (Å²) in [6, 6.07) is -0.465. The summed E-state index contributed by atoms with van der Waals surface area (Å²) in [5, 5.41) is 2.60. The first-order chi connectivity index (χ1) is 11.0. The summed E-state index contributed by atoms with van der Waals surface area (Å²) in [6.07, 6.45) is 5.58. The Morgan fingerprint density at radius 3 is 2.52 bits per heavy atom. The van der Waals surface area contributed by atoms with Crippen LogP contribution >= 0.6 is 0 Å². The van der Waals surface area contributed by atoms with Gasteiger partial charge in [0.15, 0.2) is 0 Å². The number of carbonyl (C=O) groups is 3. The summed E-state index contributed by atoms with van der Waals surface area (Å²) >= 11 is 0. The Kier molecular flexibility index (Phi) is 6.24. The van der Waals surface area contributed by atoms with Gasteiger partial charge in [-0.05, 0) is 25.2 Å². The number of unbranched alkanes of at least 4 members (excludes halogenated alkanes) is 1. The maximum atomic E-state index is 12.5. The molecule has 2 rings (SSSR count). The minimum atomic E-state index is -0.465. The molecule has 2 saturated heterocycles. The highest BCUT2D eigenvalue weighted by Gasteiger charge is 2.35. The Morgan fingerprint density at radius 1 is 1.26 bits per heavy atom. The quantitative estimate of drug-likeness (QED) is 0.698. The number of hydrogen-bond acceptors (Lipinski definition) is 3. The average molecular weight is 324 g/mol. The minimum Gasteiger partial charge on any atom is -0.352 e. The van der Waals surface area contributed by atoms with Gasteiger partial charge in [-0.3, -0.25) is 9.59 Å². The summed E-state index contributed by atoms with van der Waals surface area (Å²) < 4.78 is 0. The third kappa shape index (κ3) is 5.11. The molecule has 2 aliphatic rings. The molecule has 4 amide bonds. The van der Waals surface area contributed by atoms with Crippen LogP contribution in [0.5, 0.6) is 0 Å². The van der Waals surface area contributed by atoms with Crippen LogP contribution in [-0.2, 0) is 9.59 Å². The van der Waals surface area contributed by atoms with Crippen molar-refractivity contribution in [1.29, 1.82) is 0 Å². The lowest BCUT2D eigenvalue weighted by Crippen LogP contribution is -2.42. The van der Waals surface area contributed by atoms with Crippen molar-refractivity contribution in [2.24, 2.45) is 17.6 Å². The van der Waals surface area contributed by atoms with Gasteiger partial charge >= 0.3 is 6.03 Å². The van der Waals surface area contributed by atoms with E-state index in [1.807, 2.05) is 4.90 Å². The van der Waals surface area contributed by atoms with E-state index in [1.165, 1.54) is 0 Å². The number of rotatable bonds is 6. The van der Waals surface area contributed by atoms with Crippen molar-refractivity contribution in [1.82, 2.24) is 15.1 Å². The van der Waals surface area contributed by atoms with Crippen molar-refractivity contribution >= 4 is 17.8 Å². The molecule has 1 unspecified atom stereocenters. The Balaban J connectivity index is 1.63. The average Bonchev–Trinajstić information content (AvgIpc) is 2.86. The van der Waals surface area contributed by atoms with Gasteiger partial charge < -0.3 is 20.9 Å². The molecule has 2 heterocycles. The largest absolute Gasteiger partial charge is 0.352 e. The number of nitrogens with two attached hydrogens (primary N) is 1. The maximum absolute atomic E-state index is 12.5. The number of nitrogens with one attached hydrogen (secondary N) is 1. The van der Waals surface area contributed by atoms with Crippen LogP contribution in [0, 0.1) is 11.8 Å². The van der Waals surface area contributed by atoms with Crippen LogP contribution in [0.15, 0.2) is 0 Å². The predicted octanol–water partition coefficient (Wildman–Crippen LogP) is 0.542. The summed E-state index contributed by atoms with van der Waals surface area (Å²) in [4.78, 5) is 38.2. The van der Waals surface area contributed by atoms with Crippen molar-refractivity contribution in [2.45, 2.75) is 38.5 Å². The number of nitrogens with zero attached hydrogens (tertiary/aromatic N) is 2. The van der Waals surface area contributed by atoms with E-state index in [0.717, 1.165) is 45.2 Å². The Morgan fingerprint density at radius 2 is 1.96 bits per heavy atom. The number of likely N-dealkylation sites (tertiary alicyclic amines) is 2. The van der Waals surface area contributed by atoms with Crippen molar-refractivity contribution in [2.75, 3.05) is 33.2 Å². The zero-order chi connectivity index (χ0) is 16.8. The molecule has 0 aromatic rings. The third-order valence-corrected chi connectivity index (χ3v) is 4.95. The molecule has 0 aliphatic carbocycles. The van der Waals surface area contributed by atoms with Crippen LogP contribution in [0.25, 0.3) is 0 Å². The van der Waals surface area contributed by atoms with Gasteiger partial charge in [0.2, 0.25) is 11.8 Å². The molecular weight excluding hydrogens is 296 g/mol. The van der Waals surface area contributed by atoms with Crippen LogP contribution in [-0.4, -0.2) is 60.9 Å². The van der Waals surface area contributed by atoms with Gasteiger partial charge in [0.05, 0.1) is 5.92 Å². The molecule has 2 aliphatic heterocycles. The minimum absolute atomic E-state index is 0.0720. The number of hydrogen-bond donors (Lipinski definition) is 2. The number of amides is 4. The van der Waals surface area contributed by atoms with Crippen LogP contribution < -0.4 is 11.1 Å². The molecule has 7 heteroatoms. The maximum Gasteiger partial charge on any atom is 0.312 e. The van der Waals surface area contributed by atoms with E-state index < -0.39 is 6.03 Å². The first kappa shape index (κ1) is 17.6. The predicted molar refractivity (Wildman–Crippen MR) is 86.5 cm³/mol. The van der Waals surface area contributed by atoms with E-state index >= 15 is 0 Å². The van der Waals surface area contributed by atoms with E-state index in [4.69, 9.17) is 5.73 Å². The highest BCUT2D eigenvalue weighted by molar-refractivity contribution is 5.89. The Bertz CT molecular complexity index is 447. The van der Waals surface area contributed by atoms with E-state index in [1.54, 1.807) is 11.9 Å². The SMILES string of the molecule is CN1CC(C(=O)N2CCC(CCCCNC(N)=O)CC2)CC1=O. The molecule has 1 atom stereocenters. The molecule has 0 aromatic carbocycles. The highest BCUT2D eigenvalue weighted by atomic mass is 16.2. The number of piperidine rings is 1. The van der Waals surface area contributed by atoms with Gasteiger partial charge in [-0.2, -0.15) is 0 Å². The van der Waals surface area contributed by atoms with E-state index in [-0.39, 0.29) is 17.7 Å². The molecule has 7 nitrogen and oxygen atoms in total. The first-order valence-corrected chi connectivity index (χ1v) is 8.53. The van der Waals surface area contributed by atoms with Crippen molar-refractivity contribution in [3.63, 3.8) is 0 Å². The lowest BCUT2D eigenvalue weighted by Gasteiger charge is -2.33. The van der Waals surface area contributed by atoms with Crippen molar-refractivity contribution in [3.05, 3.63) is 0 Å². The fraction of sp³-hybridized carbons (Fsp3) is 0.812. The molecule has 0 bridgehead atoms. The number of primary amides is 1. The second kappa shape index (κ2) is 8.17. The second-order valence-corrected chi connectivity index (χ2v) is 6.73. The van der Waals surface area contributed by atoms with Gasteiger partial charge in [-0.1, -0.05) is 12.8 Å². The van der Waals surface area contributed by atoms with E-state index in [2.05, 4.69) is 5.32 Å². The van der Waals surface area contributed by atoms with E-state index in [9.17, 15) is 14.4 Å². The molecule has 0 radical (unpaired) electrons. The van der Waals surface area contributed by atoms with Gasteiger partial charge in [-0.25, -0.2) is 4.79 Å². The van der Waals surface area contributed by atoms with Gasteiger partial charge in [0, 0.05) is 39.6 Å².